The van der Waals surface area contributed by atoms with E-state index in [4.69, 9.17) is 0 Å². The molecule has 0 spiro atoms. The van der Waals surface area contributed by atoms with Gasteiger partial charge in [0.25, 0.3) is 0 Å². The van der Waals surface area contributed by atoms with Gasteiger partial charge < -0.3 is 16.0 Å². The Hall–Kier alpha value is -4.34. The first-order chi connectivity index (χ1) is 17.4. The van der Waals surface area contributed by atoms with E-state index in [1.54, 1.807) is 18.3 Å². The van der Waals surface area contributed by atoms with Gasteiger partial charge in [0.1, 0.15) is 5.82 Å². The van der Waals surface area contributed by atoms with E-state index < -0.39 is 11.7 Å². The normalized spacial score (nSPS) is 17.0. The lowest BCUT2D eigenvalue weighted by Gasteiger charge is -2.17. The number of hydrogen-bond donors (Lipinski definition) is 4. The van der Waals surface area contributed by atoms with Crippen molar-refractivity contribution in [2.45, 2.75) is 31.4 Å². The predicted octanol–water partition coefficient (Wildman–Crippen LogP) is 6.81. The van der Waals surface area contributed by atoms with Crippen LogP contribution in [-0.4, -0.2) is 20.2 Å². The second-order valence-corrected chi connectivity index (χ2v) is 8.92. The Morgan fingerprint density at radius 3 is 2.64 bits per heavy atom. The Bertz CT molecular complexity index is 1440. The van der Waals surface area contributed by atoms with Crippen LogP contribution in [0.25, 0.3) is 5.70 Å². The third-order valence-corrected chi connectivity index (χ3v) is 6.48. The zero-order chi connectivity index (χ0) is 24.7. The Morgan fingerprint density at radius 1 is 0.944 bits per heavy atom. The molecule has 2 aromatic carbocycles. The van der Waals surface area contributed by atoms with Crippen LogP contribution in [0.15, 0.2) is 72.4 Å². The van der Waals surface area contributed by atoms with Crippen LogP contribution in [0.1, 0.15) is 42.0 Å². The summed E-state index contributed by atoms with van der Waals surface area (Å²) in [4.78, 5) is 8.78. The second kappa shape index (κ2) is 8.71. The molecule has 2 aliphatic heterocycles. The number of nitrogens with one attached hydrogen (secondary N) is 4. The molecule has 36 heavy (non-hydrogen) atoms. The average molecular weight is 490 g/mol. The summed E-state index contributed by atoms with van der Waals surface area (Å²) in [5.74, 6) is 1.92. The molecule has 8 bridgehead atoms. The Morgan fingerprint density at radius 2 is 1.81 bits per heavy atom. The summed E-state index contributed by atoms with van der Waals surface area (Å²) < 4.78 is 40.0. The average Bonchev–Trinajstić information content (AvgIpc) is 3.53. The van der Waals surface area contributed by atoms with Crippen LogP contribution in [-0.2, 0) is 6.18 Å². The predicted molar refractivity (Wildman–Crippen MR) is 132 cm³/mol. The van der Waals surface area contributed by atoms with Gasteiger partial charge in [-0.2, -0.15) is 23.3 Å². The topological polar surface area (TPSA) is 90.5 Å². The molecule has 0 amide bonds. The lowest BCUT2D eigenvalue weighted by Crippen LogP contribution is -2.07. The number of allylic oxidation sites excluding steroid dienone is 1. The number of H-pyrrole nitrogens is 1. The molecule has 1 aliphatic carbocycles. The lowest BCUT2D eigenvalue weighted by molar-refractivity contribution is -0.137. The number of halogens is 3. The van der Waals surface area contributed by atoms with Gasteiger partial charge in [-0.05, 0) is 66.8 Å². The van der Waals surface area contributed by atoms with Gasteiger partial charge in [0.2, 0.25) is 5.95 Å². The molecule has 7 nitrogen and oxygen atoms in total. The van der Waals surface area contributed by atoms with Crippen molar-refractivity contribution < 1.29 is 13.2 Å². The van der Waals surface area contributed by atoms with Gasteiger partial charge in [0.15, 0.2) is 5.82 Å². The molecule has 7 rings (SSSR count). The molecule has 4 heterocycles. The fourth-order valence-corrected chi connectivity index (χ4v) is 4.70. The van der Waals surface area contributed by atoms with E-state index in [0.29, 0.717) is 23.3 Å². The molecule has 0 radical (unpaired) electrons. The van der Waals surface area contributed by atoms with Crippen LogP contribution in [0.2, 0.25) is 0 Å². The Balaban J connectivity index is 1.42. The van der Waals surface area contributed by atoms with Gasteiger partial charge in [-0.1, -0.05) is 18.2 Å². The number of anilines is 5. The van der Waals surface area contributed by atoms with Crippen molar-refractivity contribution in [1.29, 1.82) is 0 Å². The van der Waals surface area contributed by atoms with Crippen molar-refractivity contribution in [2.24, 2.45) is 0 Å². The molecule has 1 fully saturated rings. The maximum absolute atomic E-state index is 13.3. The van der Waals surface area contributed by atoms with Crippen LogP contribution in [0.3, 0.4) is 0 Å². The number of hydrogen-bond acceptors (Lipinski definition) is 6. The zero-order valence-corrected chi connectivity index (χ0v) is 19.0. The highest BCUT2D eigenvalue weighted by molar-refractivity contribution is 5.80. The quantitative estimate of drug-likeness (QED) is 0.247. The maximum Gasteiger partial charge on any atom is 0.416 e. The summed E-state index contributed by atoms with van der Waals surface area (Å²) in [6.45, 7) is 0. The number of fused-ring (bicyclic) bond motifs is 2. The number of benzene rings is 2. The highest BCUT2D eigenvalue weighted by Crippen LogP contribution is 2.42. The maximum atomic E-state index is 13.3. The van der Waals surface area contributed by atoms with E-state index in [1.807, 2.05) is 30.3 Å². The van der Waals surface area contributed by atoms with Crippen LogP contribution in [0.5, 0.6) is 0 Å². The van der Waals surface area contributed by atoms with E-state index >= 15 is 0 Å². The van der Waals surface area contributed by atoms with Crippen LogP contribution in [0, 0.1) is 0 Å². The number of alkyl halides is 3. The molecule has 1 unspecified atom stereocenters. The van der Waals surface area contributed by atoms with Gasteiger partial charge in [0.05, 0.1) is 5.56 Å². The minimum absolute atomic E-state index is 0.219. The summed E-state index contributed by atoms with van der Waals surface area (Å²) >= 11 is 0. The van der Waals surface area contributed by atoms with Gasteiger partial charge in [-0.15, -0.1) is 0 Å². The fourth-order valence-electron chi connectivity index (χ4n) is 4.70. The first-order valence-electron chi connectivity index (χ1n) is 11.6. The molecule has 4 aromatic rings. The third kappa shape index (κ3) is 4.49. The molecule has 4 N–H and O–H groups in total. The number of nitrogens with zero attached hydrogens (tertiary/aromatic N) is 3. The molecular weight excluding hydrogens is 467 g/mol. The number of aromatic nitrogens is 4. The molecule has 3 aliphatic rings. The second-order valence-electron chi connectivity index (χ2n) is 8.92. The largest absolute Gasteiger partial charge is 0.416 e. The van der Waals surface area contributed by atoms with Gasteiger partial charge in [-0.25, -0.2) is 4.98 Å². The highest BCUT2D eigenvalue weighted by atomic mass is 19.4. The first kappa shape index (κ1) is 22.1. The molecule has 1 atom stereocenters. The monoisotopic (exact) mass is 489 g/mol. The summed E-state index contributed by atoms with van der Waals surface area (Å²) in [7, 11) is 0. The van der Waals surface area contributed by atoms with E-state index in [1.165, 1.54) is 6.07 Å². The van der Waals surface area contributed by atoms with Crippen molar-refractivity contribution in [3.05, 3.63) is 89.3 Å². The third-order valence-electron chi connectivity index (χ3n) is 6.48. The van der Waals surface area contributed by atoms with E-state index in [2.05, 4.69) is 36.1 Å². The van der Waals surface area contributed by atoms with Gasteiger partial charge >= 0.3 is 6.18 Å². The van der Waals surface area contributed by atoms with E-state index in [9.17, 15) is 13.2 Å². The van der Waals surface area contributed by atoms with Crippen molar-refractivity contribution in [2.75, 3.05) is 16.0 Å². The molecule has 10 heteroatoms. The Labute approximate surface area is 204 Å². The highest BCUT2D eigenvalue weighted by Gasteiger charge is 2.31. The van der Waals surface area contributed by atoms with Gasteiger partial charge in [-0.3, -0.25) is 5.10 Å². The smallest absolute Gasteiger partial charge is 0.355 e. The van der Waals surface area contributed by atoms with Crippen LogP contribution in [0.4, 0.5) is 42.1 Å². The number of rotatable bonds is 2. The van der Waals surface area contributed by atoms with E-state index in [-0.39, 0.29) is 5.92 Å². The molecule has 2 aromatic heterocycles. The summed E-state index contributed by atoms with van der Waals surface area (Å²) in [5, 5.41) is 17.2. The lowest BCUT2D eigenvalue weighted by atomic mass is 10.0. The fraction of sp³-hybridized carbons (Fsp3) is 0.192. The van der Waals surface area contributed by atoms with Crippen LogP contribution >= 0.6 is 0 Å². The zero-order valence-electron chi connectivity index (χ0n) is 19.0. The summed E-state index contributed by atoms with van der Waals surface area (Å²) in [5.41, 5.74) is 4.37. The van der Waals surface area contributed by atoms with Crippen molar-refractivity contribution in [1.82, 2.24) is 20.2 Å². The standard InChI is InChI=1S/C26H22F3N7/c27-26(28,29)18-2-1-3-20(13-18)31-24-15-6-8-19(9-7-15)32-25-30-11-10-22(34-25)33-23-14-21(35-36-23)16-4-5-17(24)12-16/h1-3,6-11,13-14,16,31H,4-5,12H2,(H3,30,32,33,34,35,36). The van der Waals surface area contributed by atoms with E-state index in [0.717, 1.165) is 59.6 Å². The molecule has 1 saturated carbocycles. The first-order valence-corrected chi connectivity index (χ1v) is 11.6. The molecule has 182 valence electrons. The molecular formula is C26H22F3N7. The SMILES string of the molecule is FC(F)(F)c1cccc(NC2=C3CCC(C3)c3cc(n[nH]3)Nc3ccnc(n3)Nc3ccc2cc3)c1. The van der Waals surface area contributed by atoms with Crippen molar-refractivity contribution in [3.8, 4) is 0 Å². The van der Waals surface area contributed by atoms with Crippen molar-refractivity contribution >= 4 is 34.7 Å². The van der Waals surface area contributed by atoms with Gasteiger partial charge in [0, 0.05) is 40.9 Å². The minimum atomic E-state index is -4.41. The van der Waals surface area contributed by atoms with Crippen LogP contribution < -0.4 is 16.0 Å². The number of aromatic amines is 1. The molecule has 0 saturated heterocycles. The van der Waals surface area contributed by atoms with Crippen molar-refractivity contribution in [3.63, 3.8) is 0 Å². The Kier molecular flexibility index (Phi) is 5.36. The summed E-state index contributed by atoms with van der Waals surface area (Å²) in [6, 6.07) is 16.7. The minimum Gasteiger partial charge on any atom is -0.355 e. The summed E-state index contributed by atoms with van der Waals surface area (Å²) in [6.07, 6.45) is -0.262.